The number of hydrogen-bond acceptors (Lipinski definition) is 4. The molecule has 0 heterocycles. The Morgan fingerprint density at radius 2 is 1.77 bits per heavy atom. The van der Waals surface area contributed by atoms with Gasteiger partial charge in [-0.1, -0.05) is 32.8 Å². The highest BCUT2D eigenvalue weighted by atomic mass is 32.2. The molecule has 1 aliphatic rings. The van der Waals surface area contributed by atoms with Crippen molar-refractivity contribution in [3.05, 3.63) is 29.3 Å². The lowest BCUT2D eigenvalue weighted by Crippen LogP contribution is -2.52. The number of hydrogen-bond donors (Lipinski definition) is 2. The molecule has 8 heteroatoms. The van der Waals surface area contributed by atoms with Crippen LogP contribution in [-0.4, -0.2) is 48.3 Å². The van der Waals surface area contributed by atoms with Crippen LogP contribution in [0.2, 0.25) is 0 Å². The van der Waals surface area contributed by atoms with Crippen LogP contribution < -0.4 is 5.32 Å². The van der Waals surface area contributed by atoms with Crippen LogP contribution in [0.15, 0.2) is 23.1 Å². The summed E-state index contributed by atoms with van der Waals surface area (Å²) in [4.78, 5) is 24.4. The van der Waals surface area contributed by atoms with Gasteiger partial charge in [-0.25, -0.2) is 13.2 Å². The van der Waals surface area contributed by atoms with Crippen LogP contribution in [0, 0.1) is 6.92 Å². The van der Waals surface area contributed by atoms with E-state index < -0.39 is 27.4 Å². The zero-order valence-electron chi connectivity index (χ0n) is 15.4. The highest BCUT2D eigenvalue weighted by Crippen LogP contribution is 2.30. The average molecular weight is 382 g/mol. The third-order valence-electron chi connectivity index (χ3n) is 5.02. The smallest absolute Gasteiger partial charge is 0.329 e. The summed E-state index contributed by atoms with van der Waals surface area (Å²) >= 11 is 0. The molecular formula is C18H26N2O5S. The highest BCUT2D eigenvalue weighted by molar-refractivity contribution is 7.89. The Hall–Kier alpha value is -1.93. The zero-order chi connectivity index (χ0) is 19.5. The second-order valence-corrected chi connectivity index (χ2v) is 8.55. The van der Waals surface area contributed by atoms with Crippen molar-refractivity contribution in [3.63, 3.8) is 0 Å². The van der Waals surface area contributed by atoms with Crippen molar-refractivity contribution in [2.75, 3.05) is 13.1 Å². The van der Waals surface area contributed by atoms with Gasteiger partial charge in [-0.3, -0.25) is 4.79 Å². The molecule has 1 aromatic rings. The number of aryl methyl sites for hydroxylation is 1. The third kappa shape index (κ3) is 3.76. The van der Waals surface area contributed by atoms with Gasteiger partial charge in [0.25, 0.3) is 5.91 Å². The lowest BCUT2D eigenvalue weighted by molar-refractivity contribution is -0.144. The van der Waals surface area contributed by atoms with Crippen LogP contribution in [0.3, 0.4) is 0 Å². The largest absolute Gasteiger partial charge is 0.480 e. The summed E-state index contributed by atoms with van der Waals surface area (Å²) in [7, 11) is -3.70. The zero-order valence-corrected chi connectivity index (χ0v) is 16.2. The third-order valence-corrected chi connectivity index (χ3v) is 7.06. The molecule has 1 amide bonds. The van der Waals surface area contributed by atoms with Crippen LogP contribution in [0.25, 0.3) is 0 Å². The molecule has 1 saturated carbocycles. The average Bonchev–Trinajstić information content (AvgIpc) is 3.05. The van der Waals surface area contributed by atoms with Crippen molar-refractivity contribution in [3.8, 4) is 0 Å². The Kier molecular flexibility index (Phi) is 6.08. The number of carboxylic acid groups (broad SMARTS) is 1. The summed E-state index contributed by atoms with van der Waals surface area (Å²) in [5.41, 5.74) is -0.484. The maximum atomic E-state index is 12.7. The van der Waals surface area contributed by atoms with Crippen molar-refractivity contribution < 1.29 is 23.1 Å². The Balaban J connectivity index is 2.38. The number of carbonyl (C=O) groups excluding carboxylic acids is 1. The van der Waals surface area contributed by atoms with E-state index in [1.165, 1.54) is 16.4 Å². The molecule has 0 spiro atoms. The molecule has 0 saturated heterocycles. The van der Waals surface area contributed by atoms with Gasteiger partial charge in [0.1, 0.15) is 5.54 Å². The molecule has 0 unspecified atom stereocenters. The summed E-state index contributed by atoms with van der Waals surface area (Å²) in [6.07, 6.45) is 2.24. The number of carboxylic acids is 1. The molecule has 0 bridgehead atoms. The molecule has 144 valence electrons. The molecule has 1 aromatic carbocycles. The number of amides is 1. The van der Waals surface area contributed by atoms with Crippen molar-refractivity contribution >= 4 is 21.9 Å². The Labute approximate surface area is 154 Å². The summed E-state index contributed by atoms with van der Waals surface area (Å²) < 4.78 is 26.7. The fraction of sp³-hybridized carbons (Fsp3) is 0.556. The molecule has 7 nitrogen and oxygen atoms in total. The summed E-state index contributed by atoms with van der Waals surface area (Å²) in [6.45, 7) is 5.86. The van der Waals surface area contributed by atoms with E-state index in [1.807, 2.05) is 0 Å². The number of nitrogens with one attached hydrogen (secondary N) is 1. The van der Waals surface area contributed by atoms with Crippen LogP contribution in [0.1, 0.15) is 55.5 Å². The second kappa shape index (κ2) is 7.75. The molecule has 0 radical (unpaired) electrons. The number of benzene rings is 1. The lowest BCUT2D eigenvalue weighted by atomic mass is 9.96. The van der Waals surface area contributed by atoms with E-state index >= 15 is 0 Å². The van der Waals surface area contributed by atoms with Gasteiger partial charge in [0, 0.05) is 18.7 Å². The molecule has 1 fully saturated rings. The number of nitrogens with zero attached hydrogens (tertiary/aromatic N) is 1. The summed E-state index contributed by atoms with van der Waals surface area (Å²) in [5, 5.41) is 12.2. The van der Waals surface area contributed by atoms with E-state index in [0.717, 1.165) is 12.8 Å². The van der Waals surface area contributed by atoms with E-state index in [0.29, 0.717) is 31.5 Å². The van der Waals surface area contributed by atoms with Gasteiger partial charge in [0.2, 0.25) is 10.0 Å². The van der Waals surface area contributed by atoms with Gasteiger partial charge in [-0.05, 0) is 37.5 Å². The fourth-order valence-corrected chi connectivity index (χ4v) is 4.86. The summed E-state index contributed by atoms with van der Waals surface area (Å²) in [6, 6.07) is 4.39. The van der Waals surface area contributed by atoms with Gasteiger partial charge in [-0.2, -0.15) is 4.31 Å². The monoisotopic (exact) mass is 382 g/mol. The lowest BCUT2D eigenvalue weighted by Gasteiger charge is -2.26. The van der Waals surface area contributed by atoms with Crippen LogP contribution in [0.5, 0.6) is 0 Å². The Bertz CT molecular complexity index is 794. The fourth-order valence-electron chi connectivity index (χ4n) is 3.37. The van der Waals surface area contributed by atoms with Crippen molar-refractivity contribution in [2.24, 2.45) is 0 Å². The molecule has 0 atom stereocenters. The van der Waals surface area contributed by atoms with Gasteiger partial charge >= 0.3 is 5.97 Å². The topological polar surface area (TPSA) is 104 Å². The van der Waals surface area contributed by atoms with E-state index in [-0.39, 0.29) is 10.5 Å². The molecule has 0 aromatic heterocycles. The maximum absolute atomic E-state index is 12.7. The molecular weight excluding hydrogens is 356 g/mol. The van der Waals surface area contributed by atoms with E-state index in [1.54, 1.807) is 26.8 Å². The van der Waals surface area contributed by atoms with E-state index in [2.05, 4.69) is 5.32 Å². The van der Waals surface area contributed by atoms with Gasteiger partial charge in [0.05, 0.1) is 4.90 Å². The summed E-state index contributed by atoms with van der Waals surface area (Å²) in [5.74, 6) is -1.60. The number of carbonyl (C=O) groups is 2. The maximum Gasteiger partial charge on any atom is 0.329 e. The highest BCUT2D eigenvalue weighted by Gasteiger charge is 2.43. The van der Waals surface area contributed by atoms with E-state index in [9.17, 15) is 23.1 Å². The van der Waals surface area contributed by atoms with Gasteiger partial charge in [0.15, 0.2) is 0 Å². The Morgan fingerprint density at radius 1 is 1.19 bits per heavy atom. The van der Waals surface area contributed by atoms with Crippen LogP contribution in [-0.2, 0) is 14.8 Å². The Morgan fingerprint density at radius 3 is 2.27 bits per heavy atom. The van der Waals surface area contributed by atoms with Gasteiger partial charge < -0.3 is 10.4 Å². The van der Waals surface area contributed by atoms with Gasteiger partial charge in [-0.15, -0.1) is 0 Å². The minimum absolute atomic E-state index is 0.0350. The number of sulfonamides is 1. The number of aliphatic carboxylic acids is 1. The van der Waals surface area contributed by atoms with E-state index in [4.69, 9.17) is 0 Å². The van der Waals surface area contributed by atoms with Crippen LogP contribution in [0.4, 0.5) is 0 Å². The van der Waals surface area contributed by atoms with Crippen LogP contribution >= 0.6 is 0 Å². The molecule has 2 rings (SSSR count). The molecule has 0 aliphatic heterocycles. The predicted molar refractivity (Wildman–Crippen MR) is 97.6 cm³/mol. The molecule has 26 heavy (non-hydrogen) atoms. The quantitative estimate of drug-likeness (QED) is 0.752. The minimum Gasteiger partial charge on any atom is -0.480 e. The molecule has 2 N–H and O–H groups in total. The first-order valence-electron chi connectivity index (χ1n) is 8.84. The normalized spacial score (nSPS) is 16.6. The minimum atomic E-state index is -3.70. The number of rotatable bonds is 7. The van der Waals surface area contributed by atoms with Crippen molar-refractivity contribution in [2.45, 2.75) is 56.9 Å². The first-order valence-corrected chi connectivity index (χ1v) is 10.3. The second-order valence-electron chi connectivity index (χ2n) is 6.61. The van der Waals surface area contributed by atoms with Crippen molar-refractivity contribution in [1.29, 1.82) is 0 Å². The SMILES string of the molecule is CCN(CC)S(=O)(=O)c1ccc(C)c(C(=O)NC2(C(=O)O)CCCC2)c1. The first kappa shape index (κ1) is 20.4. The first-order chi connectivity index (χ1) is 12.2. The molecule has 1 aliphatic carbocycles. The predicted octanol–water partition coefficient (Wildman–Crippen LogP) is 2.15. The standard InChI is InChI=1S/C18H26N2O5S/c1-4-20(5-2)26(24,25)14-9-8-13(3)15(12-14)16(21)19-18(17(22)23)10-6-7-11-18/h8-9,12H,4-7,10-11H2,1-3H3,(H,19,21)(H,22,23). The van der Waals surface area contributed by atoms with Crippen molar-refractivity contribution in [1.82, 2.24) is 9.62 Å².